The molecular weight excluding hydrogens is 262 g/mol. The molecule has 0 unspecified atom stereocenters. The Balaban J connectivity index is 2.54. The predicted octanol–water partition coefficient (Wildman–Crippen LogP) is -0.431. The summed E-state index contributed by atoms with van der Waals surface area (Å²) in [6, 6.07) is 5.08. The van der Waals surface area contributed by atoms with Crippen LogP contribution in [0.5, 0.6) is 0 Å². The molecule has 1 aromatic heterocycles. The van der Waals surface area contributed by atoms with Crippen LogP contribution in [0.1, 0.15) is 10.5 Å². The molecular formula is C11H13N7O2. The number of para-hydroxylation sites is 1. The number of methoxy groups -OCH3 is 1. The number of benzene rings is 1. The maximum absolute atomic E-state index is 11.6. The van der Waals surface area contributed by atoms with E-state index in [2.05, 4.69) is 24.9 Å². The summed E-state index contributed by atoms with van der Waals surface area (Å²) in [5, 5.41) is 7.18. The number of H-pyrrole nitrogens is 1. The first-order valence-corrected chi connectivity index (χ1v) is 5.52. The van der Waals surface area contributed by atoms with Crippen LogP contribution in [0.2, 0.25) is 0 Å². The summed E-state index contributed by atoms with van der Waals surface area (Å²) >= 11 is 0. The number of aliphatic imine (C=N–C) groups is 2. The normalized spacial score (nSPS) is 11.3. The van der Waals surface area contributed by atoms with Crippen LogP contribution in [0.15, 0.2) is 28.2 Å². The molecule has 0 saturated carbocycles. The van der Waals surface area contributed by atoms with Gasteiger partial charge in [-0.2, -0.15) is 10.1 Å². The van der Waals surface area contributed by atoms with Crippen molar-refractivity contribution in [3.05, 3.63) is 23.9 Å². The van der Waals surface area contributed by atoms with Crippen molar-refractivity contribution in [3.8, 4) is 0 Å². The molecule has 0 fully saturated rings. The second-order valence-electron chi connectivity index (χ2n) is 3.77. The summed E-state index contributed by atoms with van der Waals surface area (Å²) in [6.07, 6.45) is 0. The number of ether oxygens (including phenoxy) is 1. The summed E-state index contributed by atoms with van der Waals surface area (Å²) in [6.45, 7) is 0. The molecule has 0 spiro atoms. The fourth-order valence-corrected chi connectivity index (χ4v) is 1.65. The Labute approximate surface area is 113 Å². The van der Waals surface area contributed by atoms with E-state index >= 15 is 0 Å². The van der Waals surface area contributed by atoms with Gasteiger partial charge in [-0.05, 0) is 6.07 Å². The Kier molecular flexibility index (Phi) is 3.51. The fourth-order valence-electron chi connectivity index (χ4n) is 1.65. The molecule has 104 valence electrons. The summed E-state index contributed by atoms with van der Waals surface area (Å²) in [5.41, 5.74) is 17.1. The molecule has 2 aromatic rings. The summed E-state index contributed by atoms with van der Waals surface area (Å²) in [4.78, 5) is 19.2. The lowest BCUT2D eigenvalue weighted by Crippen LogP contribution is -2.26. The van der Waals surface area contributed by atoms with Gasteiger partial charge in [-0.3, -0.25) is 5.10 Å². The van der Waals surface area contributed by atoms with Crippen LogP contribution in [0.3, 0.4) is 0 Å². The maximum atomic E-state index is 11.6. The Bertz CT molecular complexity index is 713. The minimum Gasteiger partial charge on any atom is -0.464 e. The number of nitrogens with zero attached hydrogens (tertiary/aromatic N) is 3. The van der Waals surface area contributed by atoms with Gasteiger partial charge >= 0.3 is 5.97 Å². The van der Waals surface area contributed by atoms with Crippen LogP contribution in [0, 0.1) is 0 Å². The van der Waals surface area contributed by atoms with E-state index in [1.807, 2.05) is 0 Å². The number of hydrogen-bond acceptors (Lipinski definition) is 4. The van der Waals surface area contributed by atoms with Crippen LogP contribution < -0.4 is 17.2 Å². The topological polar surface area (TPSA) is 158 Å². The smallest absolute Gasteiger partial charge is 0.356 e. The molecule has 1 aromatic carbocycles. The zero-order valence-corrected chi connectivity index (χ0v) is 10.6. The summed E-state index contributed by atoms with van der Waals surface area (Å²) in [5.74, 6) is -0.832. The average molecular weight is 275 g/mol. The number of nitrogens with two attached hydrogens (primary N) is 3. The predicted molar refractivity (Wildman–Crippen MR) is 74.5 cm³/mol. The van der Waals surface area contributed by atoms with Gasteiger partial charge in [0.25, 0.3) is 0 Å². The van der Waals surface area contributed by atoms with Crippen LogP contribution in [0.25, 0.3) is 10.9 Å². The van der Waals surface area contributed by atoms with E-state index in [-0.39, 0.29) is 17.6 Å². The summed E-state index contributed by atoms with van der Waals surface area (Å²) < 4.78 is 4.65. The molecule has 9 nitrogen and oxygen atoms in total. The van der Waals surface area contributed by atoms with Crippen molar-refractivity contribution < 1.29 is 9.53 Å². The van der Waals surface area contributed by atoms with E-state index in [1.165, 1.54) is 7.11 Å². The molecule has 0 aliphatic carbocycles. The molecule has 20 heavy (non-hydrogen) atoms. The van der Waals surface area contributed by atoms with Gasteiger partial charge in [-0.1, -0.05) is 12.1 Å². The van der Waals surface area contributed by atoms with Gasteiger partial charge in [0.15, 0.2) is 11.7 Å². The highest BCUT2D eigenvalue weighted by atomic mass is 16.5. The van der Waals surface area contributed by atoms with E-state index in [0.717, 1.165) is 0 Å². The van der Waals surface area contributed by atoms with Crippen LogP contribution in [-0.2, 0) is 4.74 Å². The molecule has 7 N–H and O–H groups in total. The Morgan fingerprint density at radius 3 is 2.75 bits per heavy atom. The zero-order chi connectivity index (χ0) is 14.7. The SMILES string of the molecule is COC(=O)c1[nH]nc2c(N=C(N)N=C(N)N)cccc12. The molecule has 0 radical (unpaired) electrons. The van der Waals surface area contributed by atoms with E-state index < -0.39 is 5.97 Å². The lowest BCUT2D eigenvalue weighted by atomic mass is 10.2. The van der Waals surface area contributed by atoms with Crippen molar-refractivity contribution in [1.29, 1.82) is 0 Å². The van der Waals surface area contributed by atoms with Gasteiger partial charge in [-0.25, -0.2) is 9.79 Å². The number of aromatic nitrogens is 2. The highest BCUT2D eigenvalue weighted by molar-refractivity contribution is 6.05. The lowest BCUT2D eigenvalue weighted by molar-refractivity contribution is 0.0596. The fraction of sp³-hybridized carbons (Fsp3) is 0.0909. The highest BCUT2D eigenvalue weighted by Crippen LogP contribution is 2.26. The first kappa shape index (κ1) is 13.3. The number of carbonyl (C=O) groups excluding carboxylic acids is 1. The first-order valence-electron chi connectivity index (χ1n) is 5.52. The minimum atomic E-state index is -0.522. The zero-order valence-electron chi connectivity index (χ0n) is 10.6. The average Bonchev–Trinajstić information content (AvgIpc) is 2.81. The Morgan fingerprint density at radius 2 is 2.10 bits per heavy atom. The van der Waals surface area contributed by atoms with Crippen molar-refractivity contribution in [2.45, 2.75) is 0 Å². The number of aromatic amines is 1. The standard InChI is InChI=1S/C11H13N7O2/c1-20-9(19)8-5-3-2-4-6(7(5)17-18-8)15-11(14)16-10(12)13/h2-4H,1H3,(H,17,18)(H6,12,13,14,15,16). The number of carbonyl (C=O) groups is 1. The molecule has 2 rings (SSSR count). The van der Waals surface area contributed by atoms with Crippen molar-refractivity contribution in [2.75, 3.05) is 7.11 Å². The van der Waals surface area contributed by atoms with Crippen LogP contribution in [0.4, 0.5) is 5.69 Å². The van der Waals surface area contributed by atoms with Gasteiger partial charge in [-0.15, -0.1) is 0 Å². The van der Waals surface area contributed by atoms with Crippen molar-refractivity contribution in [2.24, 2.45) is 27.2 Å². The van der Waals surface area contributed by atoms with Crippen LogP contribution in [-0.4, -0.2) is 35.2 Å². The quantitative estimate of drug-likeness (QED) is 0.330. The van der Waals surface area contributed by atoms with Gasteiger partial charge in [0.2, 0.25) is 5.96 Å². The molecule has 0 bridgehead atoms. The Morgan fingerprint density at radius 1 is 1.35 bits per heavy atom. The number of hydrogen-bond donors (Lipinski definition) is 4. The van der Waals surface area contributed by atoms with E-state index in [4.69, 9.17) is 17.2 Å². The molecule has 0 saturated heterocycles. The largest absolute Gasteiger partial charge is 0.464 e. The highest BCUT2D eigenvalue weighted by Gasteiger charge is 2.15. The Hall–Kier alpha value is -3.10. The van der Waals surface area contributed by atoms with Gasteiger partial charge in [0.1, 0.15) is 5.52 Å². The van der Waals surface area contributed by atoms with Crippen LogP contribution >= 0.6 is 0 Å². The molecule has 0 aliphatic rings. The minimum absolute atomic E-state index is 0.111. The third kappa shape index (κ3) is 2.51. The number of nitrogens with one attached hydrogen (secondary N) is 1. The third-order valence-corrected chi connectivity index (χ3v) is 2.43. The van der Waals surface area contributed by atoms with Gasteiger partial charge in [0, 0.05) is 5.39 Å². The monoisotopic (exact) mass is 275 g/mol. The number of fused-ring (bicyclic) bond motifs is 1. The molecule has 1 heterocycles. The second-order valence-corrected chi connectivity index (χ2v) is 3.77. The van der Waals surface area contributed by atoms with Crippen molar-refractivity contribution in [1.82, 2.24) is 10.2 Å². The number of esters is 1. The van der Waals surface area contributed by atoms with Crippen molar-refractivity contribution in [3.63, 3.8) is 0 Å². The molecule has 0 amide bonds. The molecule has 9 heteroatoms. The van der Waals surface area contributed by atoms with Gasteiger partial charge < -0.3 is 21.9 Å². The molecule has 0 aliphatic heterocycles. The van der Waals surface area contributed by atoms with E-state index in [0.29, 0.717) is 16.6 Å². The van der Waals surface area contributed by atoms with E-state index in [1.54, 1.807) is 18.2 Å². The van der Waals surface area contributed by atoms with Crippen molar-refractivity contribution >= 4 is 34.5 Å². The third-order valence-electron chi connectivity index (χ3n) is 2.43. The maximum Gasteiger partial charge on any atom is 0.356 e. The summed E-state index contributed by atoms with van der Waals surface area (Å²) in [7, 11) is 1.29. The lowest BCUT2D eigenvalue weighted by Gasteiger charge is -1.98. The van der Waals surface area contributed by atoms with E-state index in [9.17, 15) is 4.79 Å². The number of guanidine groups is 2. The van der Waals surface area contributed by atoms with Gasteiger partial charge in [0.05, 0.1) is 12.8 Å². The number of rotatable bonds is 2. The molecule has 0 atom stereocenters. The second kappa shape index (κ2) is 5.26. The first-order chi connectivity index (χ1) is 9.52.